The van der Waals surface area contributed by atoms with Gasteiger partial charge in [-0.25, -0.2) is 0 Å². The highest BCUT2D eigenvalue weighted by Crippen LogP contribution is 2.40. The summed E-state index contributed by atoms with van der Waals surface area (Å²) in [5.74, 6) is 0.470. The minimum absolute atomic E-state index is 0.0532. The highest BCUT2D eigenvalue weighted by Gasteiger charge is 2.26. The lowest BCUT2D eigenvalue weighted by Gasteiger charge is -2.28. The average molecular weight is 284 g/mol. The van der Waals surface area contributed by atoms with Gasteiger partial charge in [-0.1, -0.05) is 77.5 Å². The van der Waals surface area contributed by atoms with Gasteiger partial charge in [0.05, 0.1) is 0 Å². The van der Waals surface area contributed by atoms with Gasteiger partial charge < -0.3 is 5.11 Å². The second kappa shape index (κ2) is 5.36. The molecule has 2 rings (SSSR count). The minimum atomic E-state index is -0.0532. The number of phenols is 1. The molecule has 114 valence electrons. The summed E-state index contributed by atoms with van der Waals surface area (Å²) in [6.45, 7) is 13.0. The van der Waals surface area contributed by atoms with Gasteiger partial charge in [0, 0.05) is 0 Å². The van der Waals surface area contributed by atoms with E-state index in [0.29, 0.717) is 5.75 Å². The molecule has 1 aromatic carbocycles. The molecule has 0 aliphatic heterocycles. The van der Waals surface area contributed by atoms with Crippen LogP contribution in [0.5, 0.6) is 5.75 Å². The van der Waals surface area contributed by atoms with Crippen molar-refractivity contribution in [3.63, 3.8) is 0 Å². The zero-order valence-electron chi connectivity index (χ0n) is 14.2. The molecule has 0 atom stereocenters. The summed E-state index contributed by atoms with van der Waals surface area (Å²) in [4.78, 5) is 0. The predicted molar refractivity (Wildman–Crippen MR) is 91.1 cm³/mol. The molecule has 1 N–H and O–H groups in total. The van der Waals surface area contributed by atoms with Crippen molar-refractivity contribution in [3.05, 3.63) is 52.6 Å². The molecule has 0 aromatic heterocycles. The lowest BCUT2D eigenvalue weighted by Crippen LogP contribution is -2.18. The molecule has 0 fully saturated rings. The number of hydrogen-bond acceptors (Lipinski definition) is 1. The molecule has 1 nitrogen and oxygen atoms in total. The zero-order chi connectivity index (χ0) is 15.8. The fourth-order valence-electron chi connectivity index (χ4n) is 2.82. The van der Waals surface area contributed by atoms with E-state index in [0.717, 1.165) is 24.0 Å². The van der Waals surface area contributed by atoms with Gasteiger partial charge in [0.15, 0.2) is 0 Å². The van der Waals surface area contributed by atoms with Gasteiger partial charge in [0.1, 0.15) is 5.75 Å². The third kappa shape index (κ3) is 3.58. The van der Waals surface area contributed by atoms with Crippen molar-refractivity contribution in [1.82, 2.24) is 0 Å². The summed E-state index contributed by atoms with van der Waals surface area (Å²) in [5.41, 5.74) is 4.75. The Morgan fingerprint density at radius 3 is 1.86 bits per heavy atom. The number of hydrogen-bond donors (Lipinski definition) is 1. The summed E-state index contributed by atoms with van der Waals surface area (Å²) in [6, 6.07) is 4.37. The summed E-state index contributed by atoms with van der Waals surface area (Å²) < 4.78 is 0. The van der Waals surface area contributed by atoms with Crippen molar-refractivity contribution in [2.24, 2.45) is 0 Å². The Kier molecular flexibility index (Phi) is 4.06. The normalized spacial score (nSPS) is 15.4. The lowest BCUT2D eigenvalue weighted by molar-refractivity contribution is 0.423. The van der Waals surface area contributed by atoms with Crippen LogP contribution >= 0.6 is 0 Å². The molecule has 1 aromatic rings. The first-order valence-electron chi connectivity index (χ1n) is 7.80. The number of phenolic OH excluding ortho intramolecular Hbond substituents is 1. The van der Waals surface area contributed by atoms with Crippen LogP contribution in [0.3, 0.4) is 0 Å². The Morgan fingerprint density at radius 2 is 1.48 bits per heavy atom. The quantitative estimate of drug-likeness (QED) is 0.769. The van der Waals surface area contributed by atoms with E-state index in [-0.39, 0.29) is 10.8 Å². The van der Waals surface area contributed by atoms with Crippen LogP contribution in [0.25, 0.3) is 0 Å². The zero-order valence-corrected chi connectivity index (χ0v) is 14.2. The molecule has 0 bridgehead atoms. The third-order valence-electron chi connectivity index (χ3n) is 4.06. The Hall–Kier alpha value is -1.50. The Bertz CT molecular complexity index is 554. The predicted octanol–water partition coefficient (Wildman–Crippen LogP) is 5.42. The van der Waals surface area contributed by atoms with E-state index in [9.17, 15) is 5.11 Å². The van der Waals surface area contributed by atoms with E-state index in [2.05, 4.69) is 71.9 Å². The first kappa shape index (κ1) is 15.9. The fourth-order valence-corrected chi connectivity index (χ4v) is 2.82. The van der Waals surface area contributed by atoms with Crippen LogP contribution in [-0.2, 0) is 17.3 Å². The van der Waals surface area contributed by atoms with Crippen LogP contribution in [0.2, 0.25) is 0 Å². The first-order valence-corrected chi connectivity index (χ1v) is 7.80. The topological polar surface area (TPSA) is 20.2 Å². The molecule has 0 saturated carbocycles. The van der Waals surface area contributed by atoms with Crippen LogP contribution in [0, 0.1) is 0 Å². The number of allylic oxidation sites excluding steroid dienone is 4. The van der Waals surface area contributed by atoms with Gasteiger partial charge in [0.25, 0.3) is 0 Å². The monoisotopic (exact) mass is 284 g/mol. The smallest absolute Gasteiger partial charge is 0.123 e. The van der Waals surface area contributed by atoms with E-state index in [4.69, 9.17) is 0 Å². The van der Waals surface area contributed by atoms with Crippen LogP contribution < -0.4 is 0 Å². The van der Waals surface area contributed by atoms with Crippen molar-refractivity contribution in [1.29, 1.82) is 0 Å². The third-order valence-corrected chi connectivity index (χ3v) is 4.06. The summed E-state index contributed by atoms with van der Waals surface area (Å²) in [7, 11) is 0. The van der Waals surface area contributed by atoms with Gasteiger partial charge in [0.2, 0.25) is 0 Å². The van der Waals surface area contributed by atoms with Crippen molar-refractivity contribution < 1.29 is 5.11 Å². The Balaban J connectivity index is 2.51. The van der Waals surface area contributed by atoms with E-state index in [1.165, 1.54) is 11.1 Å². The summed E-state index contributed by atoms with van der Waals surface area (Å²) in [5, 5.41) is 10.7. The van der Waals surface area contributed by atoms with Gasteiger partial charge in [-0.05, 0) is 40.4 Å². The number of rotatable bonds is 2. The van der Waals surface area contributed by atoms with Gasteiger partial charge >= 0.3 is 0 Å². The van der Waals surface area contributed by atoms with Crippen LogP contribution in [-0.4, -0.2) is 5.11 Å². The van der Waals surface area contributed by atoms with Gasteiger partial charge in [-0.2, -0.15) is 0 Å². The second-order valence-electron chi connectivity index (χ2n) is 8.17. The molecule has 1 aliphatic carbocycles. The Labute approximate surface area is 129 Å². The van der Waals surface area contributed by atoms with Gasteiger partial charge in [-0.15, -0.1) is 0 Å². The molecule has 0 saturated heterocycles. The second-order valence-corrected chi connectivity index (χ2v) is 8.17. The van der Waals surface area contributed by atoms with E-state index in [1.807, 2.05) is 0 Å². The maximum absolute atomic E-state index is 10.7. The molecule has 0 radical (unpaired) electrons. The van der Waals surface area contributed by atoms with Gasteiger partial charge in [-0.3, -0.25) is 0 Å². The molecule has 21 heavy (non-hydrogen) atoms. The molecule has 0 amide bonds. The van der Waals surface area contributed by atoms with Crippen LogP contribution in [0.4, 0.5) is 0 Å². The molecular formula is C20H28O. The first-order chi connectivity index (χ1) is 9.59. The molecule has 0 spiro atoms. The standard InChI is InChI=1S/C20H28O/c1-19(2,3)16-12-15(11-14-9-7-8-10-14)13-17(18(16)21)20(4,5)6/h7-9,12-13,21H,10-11H2,1-6H3. The molecule has 1 heteroatoms. The van der Waals surface area contributed by atoms with Crippen molar-refractivity contribution in [3.8, 4) is 5.75 Å². The van der Waals surface area contributed by atoms with E-state index in [1.54, 1.807) is 0 Å². The Morgan fingerprint density at radius 1 is 0.952 bits per heavy atom. The fraction of sp³-hybridized carbons (Fsp3) is 0.500. The highest BCUT2D eigenvalue weighted by atomic mass is 16.3. The maximum Gasteiger partial charge on any atom is 0.123 e. The lowest BCUT2D eigenvalue weighted by atomic mass is 9.78. The van der Waals surface area contributed by atoms with E-state index >= 15 is 0 Å². The summed E-state index contributed by atoms with van der Waals surface area (Å²) >= 11 is 0. The van der Waals surface area contributed by atoms with Crippen molar-refractivity contribution >= 4 is 0 Å². The number of aromatic hydroxyl groups is 1. The SMILES string of the molecule is CC(C)(C)c1cc(CC2=CC=CC2)cc(C(C)(C)C)c1O. The molecule has 1 aliphatic rings. The largest absolute Gasteiger partial charge is 0.507 e. The van der Waals surface area contributed by atoms with Crippen LogP contribution in [0.1, 0.15) is 64.7 Å². The minimum Gasteiger partial charge on any atom is -0.507 e. The average Bonchev–Trinajstić information content (AvgIpc) is 2.81. The molecule has 0 unspecified atom stereocenters. The number of benzene rings is 1. The molecular weight excluding hydrogens is 256 g/mol. The summed E-state index contributed by atoms with van der Waals surface area (Å²) in [6.07, 6.45) is 8.56. The van der Waals surface area contributed by atoms with Crippen LogP contribution in [0.15, 0.2) is 35.9 Å². The maximum atomic E-state index is 10.7. The highest BCUT2D eigenvalue weighted by molar-refractivity contribution is 5.50. The van der Waals surface area contributed by atoms with Crippen molar-refractivity contribution in [2.75, 3.05) is 0 Å². The van der Waals surface area contributed by atoms with E-state index < -0.39 is 0 Å². The molecule has 0 heterocycles. The van der Waals surface area contributed by atoms with Crippen molar-refractivity contribution in [2.45, 2.75) is 65.2 Å².